The van der Waals surface area contributed by atoms with E-state index in [2.05, 4.69) is 4.98 Å². The standard InChI is InChI=1S/C7H6FNO2/c1-4-3-9-6(7(10)11)2-5(4)8/h2-3H,1H3,(H,10,11). The predicted octanol–water partition coefficient (Wildman–Crippen LogP) is 1.23. The molecule has 1 rings (SSSR count). The number of hydrogen-bond acceptors (Lipinski definition) is 2. The summed E-state index contributed by atoms with van der Waals surface area (Å²) in [5.41, 5.74) is 0.0723. The summed E-state index contributed by atoms with van der Waals surface area (Å²) in [6, 6.07) is 0.900. The van der Waals surface area contributed by atoms with E-state index in [1.165, 1.54) is 13.1 Å². The van der Waals surface area contributed by atoms with E-state index in [0.29, 0.717) is 5.56 Å². The number of carboxylic acids is 1. The fourth-order valence-corrected chi connectivity index (χ4v) is 0.616. The van der Waals surface area contributed by atoms with Crippen molar-refractivity contribution in [2.24, 2.45) is 0 Å². The molecule has 1 aromatic heterocycles. The molecule has 0 aliphatic rings. The summed E-state index contributed by atoms with van der Waals surface area (Å²) in [7, 11) is 0. The maximum Gasteiger partial charge on any atom is 0.354 e. The largest absolute Gasteiger partial charge is 0.477 e. The van der Waals surface area contributed by atoms with Crippen molar-refractivity contribution in [3.05, 3.63) is 29.3 Å². The van der Waals surface area contributed by atoms with E-state index in [1.807, 2.05) is 0 Å². The third-order valence-electron chi connectivity index (χ3n) is 1.26. The monoisotopic (exact) mass is 155 g/mol. The smallest absolute Gasteiger partial charge is 0.354 e. The first-order valence-electron chi connectivity index (χ1n) is 2.96. The van der Waals surface area contributed by atoms with Gasteiger partial charge in [0.2, 0.25) is 0 Å². The van der Waals surface area contributed by atoms with E-state index in [1.54, 1.807) is 0 Å². The van der Waals surface area contributed by atoms with Crippen molar-refractivity contribution in [1.29, 1.82) is 0 Å². The van der Waals surface area contributed by atoms with E-state index in [4.69, 9.17) is 5.11 Å². The number of rotatable bonds is 1. The van der Waals surface area contributed by atoms with E-state index in [-0.39, 0.29) is 5.69 Å². The number of aryl methyl sites for hydroxylation is 1. The molecule has 0 saturated carbocycles. The molecule has 0 amide bonds. The van der Waals surface area contributed by atoms with Gasteiger partial charge in [0.05, 0.1) is 0 Å². The average molecular weight is 155 g/mol. The van der Waals surface area contributed by atoms with Crippen molar-refractivity contribution in [3.63, 3.8) is 0 Å². The second-order valence-electron chi connectivity index (χ2n) is 2.12. The topological polar surface area (TPSA) is 50.2 Å². The molecule has 0 atom stereocenters. The molecule has 4 heteroatoms. The molecule has 0 aliphatic heterocycles. The highest BCUT2D eigenvalue weighted by Crippen LogP contribution is 2.05. The molecule has 0 radical (unpaired) electrons. The fraction of sp³-hybridized carbons (Fsp3) is 0.143. The van der Waals surface area contributed by atoms with Crippen LogP contribution in [0.2, 0.25) is 0 Å². The predicted molar refractivity (Wildman–Crippen MR) is 35.9 cm³/mol. The third-order valence-corrected chi connectivity index (χ3v) is 1.26. The molecule has 3 nitrogen and oxygen atoms in total. The normalized spacial score (nSPS) is 9.64. The minimum Gasteiger partial charge on any atom is -0.477 e. The van der Waals surface area contributed by atoms with Gasteiger partial charge >= 0.3 is 5.97 Å². The van der Waals surface area contributed by atoms with Gasteiger partial charge in [0.25, 0.3) is 0 Å². The number of hydrogen-bond donors (Lipinski definition) is 1. The van der Waals surface area contributed by atoms with Crippen molar-refractivity contribution in [2.75, 3.05) is 0 Å². The number of nitrogens with zero attached hydrogens (tertiary/aromatic N) is 1. The minimum absolute atomic E-state index is 0.270. The van der Waals surface area contributed by atoms with Crippen LogP contribution in [0.4, 0.5) is 4.39 Å². The first-order chi connectivity index (χ1) is 5.11. The molecular formula is C7H6FNO2. The quantitative estimate of drug-likeness (QED) is 0.663. The molecule has 0 aromatic carbocycles. The zero-order valence-electron chi connectivity index (χ0n) is 5.84. The van der Waals surface area contributed by atoms with Crippen LogP contribution in [0.5, 0.6) is 0 Å². The Morgan fingerprint density at radius 1 is 1.73 bits per heavy atom. The molecule has 1 N–H and O–H groups in total. The van der Waals surface area contributed by atoms with Crippen molar-refractivity contribution in [2.45, 2.75) is 6.92 Å². The molecule has 11 heavy (non-hydrogen) atoms. The van der Waals surface area contributed by atoms with Gasteiger partial charge in [-0.2, -0.15) is 0 Å². The minimum atomic E-state index is -1.22. The zero-order valence-corrected chi connectivity index (χ0v) is 5.84. The van der Waals surface area contributed by atoms with Gasteiger partial charge in [0.1, 0.15) is 5.82 Å². The summed E-state index contributed by atoms with van der Waals surface area (Å²) in [5.74, 6) is -1.76. The van der Waals surface area contributed by atoms with Gasteiger partial charge in [-0.25, -0.2) is 14.2 Å². The molecule has 58 valence electrons. The van der Waals surface area contributed by atoms with Crippen LogP contribution in [0.3, 0.4) is 0 Å². The number of carbonyl (C=O) groups is 1. The Morgan fingerprint density at radius 2 is 2.36 bits per heavy atom. The van der Waals surface area contributed by atoms with Crippen LogP contribution < -0.4 is 0 Å². The van der Waals surface area contributed by atoms with Gasteiger partial charge in [-0.3, -0.25) is 0 Å². The average Bonchev–Trinajstić information content (AvgIpc) is 1.94. The second-order valence-corrected chi connectivity index (χ2v) is 2.12. The van der Waals surface area contributed by atoms with Gasteiger partial charge in [0, 0.05) is 17.8 Å². The van der Waals surface area contributed by atoms with Gasteiger partial charge in [-0.05, 0) is 6.92 Å². The van der Waals surface area contributed by atoms with Crippen LogP contribution in [0, 0.1) is 12.7 Å². The van der Waals surface area contributed by atoms with Gasteiger partial charge < -0.3 is 5.11 Å². The number of pyridine rings is 1. The van der Waals surface area contributed by atoms with Crippen LogP contribution in [0.25, 0.3) is 0 Å². The Labute approximate surface area is 62.5 Å². The molecule has 0 unspecified atom stereocenters. The molecule has 0 saturated heterocycles. The summed E-state index contributed by atoms with van der Waals surface area (Å²) in [6.07, 6.45) is 1.19. The van der Waals surface area contributed by atoms with Crippen LogP contribution in [0.1, 0.15) is 16.1 Å². The number of carboxylic acid groups (broad SMARTS) is 1. The molecule has 0 fully saturated rings. The lowest BCUT2D eigenvalue weighted by Crippen LogP contribution is -2.01. The molecule has 1 heterocycles. The van der Waals surface area contributed by atoms with Crippen molar-refractivity contribution >= 4 is 5.97 Å². The second kappa shape index (κ2) is 2.65. The highest BCUT2D eigenvalue weighted by atomic mass is 19.1. The first kappa shape index (κ1) is 7.65. The van der Waals surface area contributed by atoms with Crippen LogP contribution in [-0.4, -0.2) is 16.1 Å². The Morgan fingerprint density at radius 3 is 2.82 bits per heavy atom. The van der Waals surface area contributed by atoms with Crippen LogP contribution in [-0.2, 0) is 0 Å². The van der Waals surface area contributed by atoms with Gasteiger partial charge in [-0.15, -0.1) is 0 Å². The molecular weight excluding hydrogens is 149 g/mol. The molecule has 0 bridgehead atoms. The van der Waals surface area contributed by atoms with Gasteiger partial charge in [-0.1, -0.05) is 0 Å². The van der Waals surface area contributed by atoms with Crippen molar-refractivity contribution in [1.82, 2.24) is 4.98 Å². The van der Waals surface area contributed by atoms with E-state index in [0.717, 1.165) is 6.07 Å². The Bertz CT molecular complexity index is 298. The number of aromatic nitrogens is 1. The summed E-state index contributed by atoms with van der Waals surface area (Å²) in [6.45, 7) is 1.52. The lowest BCUT2D eigenvalue weighted by Gasteiger charge is -1.95. The van der Waals surface area contributed by atoms with Crippen LogP contribution >= 0.6 is 0 Å². The lowest BCUT2D eigenvalue weighted by atomic mass is 10.2. The summed E-state index contributed by atoms with van der Waals surface area (Å²) in [4.78, 5) is 13.7. The zero-order chi connectivity index (χ0) is 8.43. The summed E-state index contributed by atoms with van der Waals surface area (Å²) in [5, 5.41) is 8.37. The SMILES string of the molecule is Cc1cnc(C(=O)O)cc1F. The molecule has 0 aliphatic carbocycles. The Hall–Kier alpha value is -1.45. The van der Waals surface area contributed by atoms with Gasteiger partial charge in [0.15, 0.2) is 5.69 Å². The Balaban J connectivity index is 3.15. The third kappa shape index (κ3) is 1.52. The first-order valence-corrected chi connectivity index (χ1v) is 2.96. The van der Waals surface area contributed by atoms with E-state index >= 15 is 0 Å². The van der Waals surface area contributed by atoms with Crippen LogP contribution in [0.15, 0.2) is 12.3 Å². The maximum absolute atomic E-state index is 12.6. The highest BCUT2D eigenvalue weighted by Gasteiger charge is 2.06. The fourth-order valence-electron chi connectivity index (χ4n) is 0.616. The van der Waals surface area contributed by atoms with E-state index in [9.17, 15) is 9.18 Å². The number of aromatic carboxylic acids is 1. The lowest BCUT2D eigenvalue weighted by molar-refractivity contribution is 0.0690. The summed E-state index contributed by atoms with van der Waals surface area (Å²) >= 11 is 0. The molecule has 1 aromatic rings. The molecule has 0 spiro atoms. The highest BCUT2D eigenvalue weighted by molar-refractivity contribution is 5.85. The van der Waals surface area contributed by atoms with Crippen molar-refractivity contribution < 1.29 is 14.3 Å². The summed E-state index contributed by atoms with van der Waals surface area (Å²) < 4.78 is 12.6. The Kier molecular flexibility index (Phi) is 1.85. The van der Waals surface area contributed by atoms with Crippen molar-refractivity contribution in [3.8, 4) is 0 Å². The van der Waals surface area contributed by atoms with E-state index < -0.39 is 11.8 Å². The number of halogens is 1. The maximum atomic E-state index is 12.6.